The Morgan fingerprint density at radius 1 is 1.38 bits per heavy atom. The summed E-state index contributed by atoms with van der Waals surface area (Å²) < 4.78 is 40.8. The molecule has 1 aromatic heterocycles. The van der Waals surface area contributed by atoms with Gasteiger partial charge in [0, 0.05) is 15.5 Å². The summed E-state index contributed by atoms with van der Waals surface area (Å²) in [5, 5.41) is 3.36. The van der Waals surface area contributed by atoms with Crippen LogP contribution in [-0.4, -0.2) is 29.8 Å². The maximum absolute atomic E-state index is 12.1. The number of benzene rings is 1. The highest BCUT2D eigenvalue weighted by Gasteiger charge is 2.30. The summed E-state index contributed by atoms with van der Waals surface area (Å²) in [5.74, 6) is -0.685. The number of nitrogens with one attached hydrogen (secondary N) is 1. The monoisotopic (exact) mass is 378 g/mol. The Hall–Kier alpha value is -1.64. The van der Waals surface area contributed by atoms with E-state index in [4.69, 9.17) is 11.6 Å². The van der Waals surface area contributed by atoms with E-state index >= 15 is 0 Å². The standard InChI is InChI=1S/C15H14ClF3N2O2S/c1-8(23-7-15(17,18)19)13(22)21-14-20-12(9(2)24-14)10-3-5-11(16)6-4-10/h3-6,8H,7H2,1-2H3,(H,20,21,22). The third-order valence-electron chi connectivity index (χ3n) is 3.01. The minimum atomic E-state index is -4.48. The number of nitrogens with zero attached hydrogens (tertiary/aromatic N) is 1. The largest absolute Gasteiger partial charge is 0.411 e. The zero-order chi connectivity index (χ0) is 17.9. The van der Waals surface area contributed by atoms with Gasteiger partial charge in [0.2, 0.25) is 0 Å². The molecule has 0 aliphatic carbocycles. The van der Waals surface area contributed by atoms with E-state index in [0.29, 0.717) is 15.8 Å². The summed E-state index contributed by atoms with van der Waals surface area (Å²) in [6.45, 7) is 1.61. The van der Waals surface area contributed by atoms with E-state index < -0.39 is 24.8 Å². The summed E-state index contributed by atoms with van der Waals surface area (Å²) in [5.41, 5.74) is 1.51. The van der Waals surface area contributed by atoms with E-state index in [1.54, 1.807) is 24.3 Å². The SMILES string of the molecule is Cc1sc(NC(=O)C(C)OCC(F)(F)F)nc1-c1ccc(Cl)cc1. The number of hydrogen-bond donors (Lipinski definition) is 1. The number of anilines is 1. The number of hydrogen-bond acceptors (Lipinski definition) is 4. The molecular formula is C15H14ClF3N2O2S. The van der Waals surface area contributed by atoms with Gasteiger partial charge in [0.25, 0.3) is 5.91 Å². The van der Waals surface area contributed by atoms with Crippen molar-refractivity contribution < 1.29 is 22.7 Å². The average molecular weight is 379 g/mol. The van der Waals surface area contributed by atoms with Crippen molar-refractivity contribution in [2.24, 2.45) is 0 Å². The van der Waals surface area contributed by atoms with Crippen LogP contribution in [0.3, 0.4) is 0 Å². The minimum Gasteiger partial charge on any atom is -0.359 e. The van der Waals surface area contributed by atoms with Crippen LogP contribution in [0.5, 0.6) is 0 Å². The maximum Gasteiger partial charge on any atom is 0.411 e. The maximum atomic E-state index is 12.1. The number of halogens is 4. The smallest absolute Gasteiger partial charge is 0.359 e. The summed E-state index contributed by atoms with van der Waals surface area (Å²) in [6.07, 6.45) is -5.72. The molecule has 0 bridgehead atoms. The second-order valence-electron chi connectivity index (χ2n) is 4.99. The Balaban J connectivity index is 2.04. The zero-order valence-electron chi connectivity index (χ0n) is 12.8. The highest BCUT2D eigenvalue weighted by Crippen LogP contribution is 2.31. The molecule has 1 amide bonds. The van der Waals surface area contributed by atoms with Gasteiger partial charge in [-0.2, -0.15) is 13.2 Å². The summed E-state index contributed by atoms with van der Waals surface area (Å²) >= 11 is 7.07. The predicted octanol–water partition coefficient (Wildman–Crippen LogP) is 4.68. The number of thiazole rings is 1. The fraction of sp³-hybridized carbons (Fsp3) is 0.333. The van der Waals surface area contributed by atoms with Gasteiger partial charge >= 0.3 is 6.18 Å². The topological polar surface area (TPSA) is 51.2 Å². The number of carbonyl (C=O) groups excluding carboxylic acids is 1. The molecule has 1 N–H and O–H groups in total. The first-order valence-corrected chi connectivity index (χ1v) is 8.08. The van der Waals surface area contributed by atoms with Gasteiger partial charge in [0.05, 0.1) is 5.69 Å². The van der Waals surface area contributed by atoms with E-state index in [-0.39, 0.29) is 0 Å². The molecule has 0 saturated heterocycles. The van der Waals surface area contributed by atoms with Crippen LogP contribution in [0.1, 0.15) is 11.8 Å². The number of amides is 1. The van der Waals surface area contributed by atoms with Crippen molar-refractivity contribution in [2.45, 2.75) is 26.1 Å². The molecular weight excluding hydrogens is 365 g/mol. The van der Waals surface area contributed by atoms with E-state index in [1.807, 2.05) is 6.92 Å². The number of carbonyl (C=O) groups is 1. The van der Waals surface area contributed by atoms with Crippen molar-refractivity contribution in [1.82, 2.24) is 4.98 Å². The molecule has 2 rings (SSSR count). The second-order valence-corrected chi connectivity index (χ2v) is 6.63. The third-order valence-corrected chi connectivity index (χ3v) is 4.15. The highest BCUT2D eigenvalue weighted by atomic mass is 35.5. The van der Waals surface area contributed by atoms with Gasteiger partial charge in [0.15, 0.2) is 5.13 Å². The van der Waals surface area contributed by atoms with Gasteiger partial charge in [-0.05, 0) is 26.0 Å². The second kappa shape index (κ2) is 7.50. The number of aryl methyl sites for hydroxylation is 1. The zero-order valence-corrected chi connectivity index (χ0v) is 14.4. The Morgan fingerprint density at radius 3 is 2.58 bits per heavy atom. The van der Waals surface area contributed by atoms with Gasteiger partial charge in [0.1, 0.15) is 12.7 Å². The molecule has 0 spiro atoms. The first-order valence-electron chi connectivity index (χ1n) is 6.88. The van der Waals surface area contributed by atoms with Crippen molar-refractivity contribution in [3.8, 4) is 11.3 Å². The molecule has 2 aromatic rings. The van der Waals surface area contributed by atoms with Crippen molar-refractivity contribution in [1.29, 1.82) is 0 Å². The highest BCUT2D eigenvalue weighted by molar-refractivity contribution is 7.16. The lowest BCUT2D eigenvalue weighted by Crippen LogP contribution is -2.31. The van der Waals surface area contributed by atoms with E-state index in [2.05, 4.69) is 15.0 Å². The Morgan fingerprint density at radius 2 is 2.00 bits per heavy atom. The van der Waals surface area contributed by atoms with Crippen molar-refractivity contribution in [3.05, 3.63) is 34.2 Å². The third kappa shape index (κ3) is 5.19. The van der Waals surface area contributed by atoms with Crippen LogP contribution >= 0.6 is 22.9 Å². The summed E-state index contributed by atoms with van der Waals surface area (Å²) in [6, 6.07) is 7.04. The van der Waals surface area contributed by atoms with Crippen LogP contribution in [0.2, 0.25) is 5.02 Å². The van der Waals surface area contributed by atoms with E-state index in [1.165, 1.54) is 18.3 Å². The van der Waals surface area contributed by atoms with Crippen LogP contribution in [0, 0.1) is 6.92 Å². The Kier molecular flexibility index (Phi) is 5.84. The first-order chi connectivity index (χ1) is 11.2. The van der Waals surface area contributed by atoms with E-state index in [9.17, 15) is 18.0 Å². The molecule has 4 nitrogen and oxygen atoms in total. The lowest BCUT2D eigenvalue weighted by Gasteiger charge is -2.13. The molecule has 0 aliphatic heterocycles. The Bertz CT molecular complexity index is 716. The molecule has 1 unspecified atom stereocenters. The Labute approximate surface area is 145 Å². The number of alkyl halides is 3. The summed E-state index contributed by atoms with van der Waals surface area (Å²) in [7, 11) is 0. The van der Waals surface area contributed by atoms with Gasteiger partial charge in [-0.15, -0.1) is 11.3 Å². The molecule has 130 valence electrons. The molecule has 0 aliphatic rings. The van der Waals surface area contributed by atoms with Gasteiger partial charge in [-0.3, -0.25) is 10.1 Å². The molecule has 24 heavy (non-hydrogen) atoms. The molecule has 1 heterocycles. The lowest BCUT2D eigenvalue weighted by atomic mass is 10.1. The van der Waals surface area contributed by atoms with Crippen LogP contribution in [0.15, 0.2) is 24.3 Å². The fourth-order valence-corrected chi connectivity index (χ4v) is 2.79. The van der Waals surface area contributed by atoms with E-state index in [0.717, 1.165) is 10.4 Å². The molecule has 0 saturated carbocycles. The predicted molar refractivity (Wildman–Crippen MR) is 87.4 cm³/mol. The van der Waals surface area contributed by atoms with Crippen molar-refractivity contribution in [3.63, 3.8) is 0 Å². The average Bonchev–Trinajstić information content (AvgIpc) is 2.85. The number of rotatable bonds is 5. The molecule has 0 fully saturated rings. The minimum absolute atomic E-state index is 0.296. The quantitative estimate of drug-likeness (QED) is 0.822. The fourth-order valence-electron chi connectivity index (χ4n) is 1.83. The molecule has 1 atom stereocenters. The molecule has 0 radical (unpaired) electrons. The van der Waals surface area contributed by atoms with Crippen molar-refractivity contribution >= 4 is 34.0 Å². The number of aromatic nitrogens is 1. The lowest BCUT2D eigenvalue weighted by molar-refractivity contribution is -0.184. The van der Waals surface area contributed by atoms with Gasteiger partial charge in [-0.1, -0.05) is 23.7 Å². The van der Waals surface area contributed by atoms with Crippen LogP contribution in [-0.2, 0) is 9.53 Å². The van der Waals surface area contributed by atoms with Crippen molar-refractivity contribution in [2.75, 3.05) is 11.9 Å². The first kappa shape index (κ1) is 18.7. The van der Waals surface area contributed by atoms with Crippen LogP contribution < -0.4 is 5.32 Å². The van der Waals surface area contributed by atoms with Gasteiger partial charge < -0.3 is 4.74 Å². The normalized spacial score (nSPS) is 12.9. The molecule has 1 aromatic carbocycles. The molecule has 9 heteroatoms. The number of ether oxygens (including phenoxy) is 1. The van der Waals surface area contributed by atoms with Crippen LogP contribution in [0.25, 0.3) is 11.3 Å². The van der Waals surface area contributed by atoms with Crippen LogP contribution in [0.4, 0.5) is 18.3 Å². The summed E-state index contributed by atoms with van der Waals surface area (Å²) in [4.78, 5) is 17.0. The van der Waals surface area contributed by atoms with Gasteiger partial charge in [-0.25, -0.2) is 4.98 Å².